The zero-order chi connectivity index (χ0) is 39.3. The maximum absolute atomic E-state index is 2.53. The van der Waals surface area contributed by atoms with Gasteiger partial charge >= 0.3 is 0 Å². The molecule has 54 heavy (non-hydrogen) atoms. The lowest BCUT2D eigenvalue weighted by molar-refractivity contribution is 0.389. The highest BCUT2D eigenvalue weighted by molar-refractivity contribution is 4.61. The van der Waals surface area contributed by atoms with Crippen LogP contribution in [0.25, 0.3) is 0 Å². The van der Waals surface area contributed by atoms with Crippen LogP contribution in [0.5, 0.6) is 0 Å². The van der Waals surface area contributed by atoms with E-state index in [1.165, 1.54) is 295 Å². The van der Waals surface area contributed by atoms with E-state index in [-0.39, 0.29) is 0 Å². The van der Waals surface area contributed by atoms with E-state index >= 15 is 0 Å². The Balaban J connectivity index is 3.29. The molecule has 3 atom stereocenters. The van der Waals surface area contributed by atoms with Gasteiger partial charge in [-0.3, -0.25) is 0 Å². The molecule has 0 aromatic heterocycles. The van der Waals surface area contributed by atoms with Crippen LogP contribution in [0.15, 0.2) is 0 Å². The summed E-state index contributed by atoms with van der Waals surface area (Å²) in [5, 5.41) is 0. The molecule has 0 bridgehead atoms. The Kier molecular flexibility index (Phi) is 47.4. The number of unbranched alkanes of at least 4 members (excludes halogenated alkanes) is 36. The van der Waals surface area contributed by atoms with Gasteiger partial charge in [0.25, 0.3) is 0 Å². The van der Waals surface area contributed by atoms with Crippen LogP contribution in [0.2, 0.25) is 0 Å². The van der Waals surface area contributed by atoms with Gasteiger partial charge in [-0.15, -0.1) is 0 Å². The van der Waals surface area contributed by atoms with Crippen molar-refractivity contribution in [3.8, 4) is 0 Å². The highest BCUT2D eigenvalue weighted by atomic mass is 14.1. The topological polar surface area (TPSA) is 0 Å². The van der Waals surface area contributed by atoms with Gasteiger partial charge in [-0.05, 0) is 17.8 Å². The molecule has 0 N–H and O–H groups in total. The second-order valence-electron chi connectivity index (χ2n) is 19.5. The van der Waals surface area contributed by atoms with Crippen molar-refractivity contribution in [2.24, 2.45) is 17.8 Å². The Bertz CT molecular complexity index is 636. The van der Waals surface area contributed by atoms with Crippen molar-refractivity contribution in [2.75, 3.05) is 0 Å². The molecule has 0 spiro atoms. The van der Waals surface area contributed by atoms with Gasteiger partial charge in [-0.2, -0.15) is 0 Å². The zero-order valence-corrected chi connectivity index (χ0v) is 39.3. The number of hydrogen-bond acceptors (Lipinski definition) is 0. The fraction of sp³-hybridized carbons (Fsp3) is 1.00. The van der Waals surface area contributed by atoms with Crippen LogP contribution in [0.1, 0.15) is 330 Å². The molecule has 0 aliphatic carbocycles. The van der Waals surface area contributed by atoms with Crippen molar-refractivity contribution < 1.29 is 0 Å². The third-order valence-electron chi connectivity index (χ3n) is 13.4. The summed E-state index contributed by atoms with van der Waals surface area (Å²) in [6, 6.07) is 0. The van der Waals surface area contributed by atoms with Gasteiger partial charge in [0, 0.05) is 0 Å². The molecule has 0 nitrogen and oxygen atoms in total. The highest BCUT2D eigenvalue weighted by Crippen LogP contribution is 2.23. The number of rotatable bonds is 48. The lowest BCUT2D eigenvalue weighted by Gasteiger charge is -2.14. The minimum absolute atomic E-state index is 0.947. The largest absolute Gasteiger partial charge is 0.0654 e. The molecule has 0 heteroatoms. The summed E-state index contributed by atoms with van der Waals surface area (Å²) in [7, 11) is 0. The molecule has 0 heterocycles. The van der Waals surface area contributed by atoms with E-state index in [1.807, 2.05) is 0 Å². The summed E-state index contributed by atoms with van der Waals surface area (Å²) in [5.41, 5.74) is 0. The Hall–Kier alpha value is 0. The van der Waals surface area contributed by atoms with Crippen LogP contribution in [-0.2, 0) is 0 Å². The summed E-state index contributed by atoms with van der Waals surface area (Å²) in [5.74, 6) is 2.85. The predicted molar refractivity (Wildman–Crippen MR) is 251 cm³/mol. The maximum atomic E-state index is 2.53. The minimum Gasteiger partial charge on any atom is -0.0654 e. The van der Waals surface area contributed by atoms with Gasteiger partial charge in [-0.25, -0.2) is 0 Å². The second kappa shape index (κ2) is 47.4. The maximum Gasteiger partial charge on any atom is -0.0443 e. The monoisotopic (exact) mass is 759 g/mol. The molecule has 0 fully saturated rings. The third-order valence-corrected chi connectivity index (χ3v) is 13.4. The fourth-order valence-electron chi connectivity index (χ4n) is 9.20. The molecular weight excluding hydrogens is 649 g/mol. The smallest absolute Gasteiger partial charge is 0.0443 e. The Morgan fingerprint density at radius 1 is 0.167 bits per heavy atom. The van der Waals surface area contributed by atoms with Crippen molar-refractivity contribution in [2.45, 2.75) is 330 Å². The number of hydrogen-bond donors (Lipinski definition) is 0. The molecule has 0 radical (unpaired) electrons. The first-order chi connectivity index (χ1) is 26.6. The van der Waals surface area contributed by atoms with E-state index in [0.717, 1.165) is 17.8 Å². The Morgan fingerprint density at radius 3 is 0.463 bits per heavy atom. The molecule has 0 rings (SSSR count). The van der Waals surface area contributed by atoms with Gasteiger partial charge in [0.1, 0.15) is 0 Å². The van der Waals surface area contributed by atoms with E-state index in [0.29, 0.717) is 0 Å². The van der Waals surface area contributed by atoms with Crippen molar-refractivity contribution in [3.05, 3.63) is 0 Å². The van der Waals surface area contributed by atoms with Gasteiger partial charge in [0.15, 0.2) is 0 Å². The second-order valence-corrected chi connectivity index (χ2v) is 19.5. The summed E-state index contributed by atoms with van der Waals surface area (Å²) >= 11 is 0. The first-order valence-electron chi connectivity index (χ1n) is 26.6. The van der Waals surface area contributed by atoms with Gasteiger partial charge in [0.05, 0.1) is 0 Å². The standard InChI is InChI=1S/C54H110/c1-6-8-10-12-14-16-18-19-20-21-22-23-24-25-26-27-28-29-30-31-33-35-38-42-48-53(4)50-45-51-54(5)49-44-40-36-39-43-47-52(3)46-41-37-34-32-17-15-13-11-9-7-2/h52-54H,6-51H2,1-5H3. The molecule has 326 valence electrons. The van der Waals surface area contributed by atoms with Crippen molar-refractivity contribution in [1.82, 2.24) is 0 Å². The average molecular weight is 759 g/mol. The lowest BCUT2D eigenvalue weighted by Crippen LogP contribution is -1.99. The lowest BCUT2D eigenvalue weighted by atomic mass is 9.92. The van der Waals surface area contributed by atoms with E-state index in [9.17, 15) is 0 Å². The van der Waals surface area contributed by atoms with Crippen LogP contribution >= 0.6 is 0 Å². The third kappa shape index (κ3) is 46.4. The molecule has 0 aliphatic heterocycles. The summed E-state index contributed by atoms with van der Waals surface area (Å²) in [6.07, 6.45) is 67.9. The van der Waals surface area contributed by atoms with Crippen molar-refractivity contribution >= 4 is 0 Å². The molecular formula is C54H110. The highest BCUT2D eigenvalue weighted by Gasteiger charge is 2.07. The van der Waals surface area contributed by atoms with Gasteiger partial charge < -0.3 is 0 Å². The quantitative estimate of drug-likeness (QED) is 0.0542. The van der Waals surface area contributed by atoms with Crippen LogP contribution in [0.4, 0.5) is 0 Å². The van der Waals surface area contributed by atoms with E-state index in [4.69, 9.17) is 0 Å². The summed E-state index contributed by atoms with van der Waals surface area (Å²) < 4.78 is 0. The van der Waals surface area contributed by atoms with E-state index in [2.05, 4.69) is 34.6 Å². The van der Waals surface area contributed by atoms with Crippen LogP contribution < -0.4 is 0 Å². The summed E-state index contributed by atoms with van der Waals surface area (Å²) in [6.45, 7) is 12.2. The minimum atomic E-state index is 0.947. The van der Waals surface area contributed by atoms with Crippen molar-refractivity contribution in [1.29, 1.82) is 0 Å². The molecule has 0 aromatic carbocycles. The van der Waals surface area contributed by atoms with Crippen molar-refractivity contribution in [3.63, 3.8) is 0 Å². The molecule has 0 saturated heterocycles. The van der Waals surface area contributed by atoms with Crippen LogP contribution in [-0.4, -0.2) is 0 Å². The average Bonchev–Trinajstić information content (AvgIpc) is 3.16. The molecule has 0 aromatic rings. The first kappa shape index (κ1) is 54.0. The van der Waals surface area contributed by atoms with Gasteiger partial charge in [0.2, 0.25) is 0 Å². The normalized spacial score (nSPS) is 13.5. The van der Waals surface area contributed by atoms with Gasteiger partial charge in [-0.1, -0.05) is 330 Å². The predicted octanol–water partition coefficient (Wildman–Crippen LogP) is 20.9. The molecule has 0 aliphatic rings. The first-order valence-corrected chi connectivity index (χ1v) is 26.6. The van der Waals surface area contributed by atoms with E-state index < -0.39 is 0 Å². The van der Waals surface area contributed by atoms with Crippen LogP contribution in [0.3, 0.4) is 0 Å². The molecule has 0 saturated carbocycles. The zero-order valence-electron chi connectivity index (χ0n) is 39.3. The van der Waals surface area contributed by atoms with E-state index in [1.54, 1.807) is 0 Å². The Morgan fingerprint density at radius 2 is 0.296 bits per heavy atom. The van der Waals surface area contributed by atoms with Crippen LogP contribution in [0, 0.1) is 17.8 Å². The SMILES string of the molecule is CCCCCCCCCCCCCCCCCCCCCCCCCCC(C)CCCC(C)CCCCCCCC(C)CCCCCCCCCCCC. The fourth-order valence-corrected chi connectivity index (χ4v) is 9.20. The Labute approximate surface area is 346 Å². The molecule has 0 amide bonds. The summed E-state index contributed by atoms with van der Waals surface area (Å²) in [4.78, 5) is 0. The molecule has 3 unspecified atom stereocenters.